The number of carbonyl (C=O) groups is 1. The van der Waals surface area contributed by atoms with E-state index in [-0.39, 0.29) is 5.91 Å². The molecule has 0 spiro atoms. The van der Waals surface area contributed by atoms with Crippen molar-refractivity contribution < 1.29 is 9.52 Å². The summed E-state index contributed by atoms with van der Waals surface area (Å²) in [4.78, 5) is 9.68. The molecule has 0 aliphatic carbocycles. The first-order valence-electron chi connectivity index (χ1n) is 1.25. The van der Waals surface area contributed by atoms with E-state index in [1.165, 1.54) is 11.6 Å². The van der Waals surface area contributed by atoms with Crippen LogP contribution in [-0.2, 0) is 4.79 Å². The smallest absolute Gasteiger partial charge is 0.230 e. The third-order valence-corrected chi connectivity index (χ3v) is 0.545. The van der Waals surface area contributed by atoms with E-state index in [1.807, 2.05) is 0 Å². The fourth-order valence-electron chi connectivity index (χ4n) is 0. The fraction of sp³-hybridized carbons (Fsp3) is 0.500. The zero-order valence-electron chi connectivity index (χ0n) is 2.93. The Balaban J connectivity index is 2.85. The first-order valence-corrected chi connectivity index (χ1v) is 1.77. The van der Waals surface area contributed by atoms with Crippen LogP contribution in [0.3, 0.4) is 0 Å². The van der Waals surface area contributed by atoms with Gasteiger partial charge in [0.25, 0.3) is 0 Å². The van der Waals surface area contributed by atoms with Crippen LogP contribution in [0.2, 0.25) is 0 Å². The molecule has 1 amide bonds. The second-order valence-corrected chi connectivity index (χ2v) is 0.998. The van der Waals surface area contributed by atoms with Crippen molar-refractivity contribution in [3.63, 3.8) is 0 Å². The molecule has 0 unspecified atom stereocenters. The first-order chi connectivity index (χ1) is 2.27. The van der Waals surface area contributed by atoms with Gasteiger partial charge in [-0.1, -0.05) is 0 Å². The fourth-order valence-corrected chi connectivity index (χ4v) is 0. The Hall–Kier alpha value is -0.0200. The van der Waals surface area contributed by atoms with E-state index >= 15 is 0 Å². The van der Waals surface area contributed by atoms with E-state index in [4.69, 9.17) is 0 Å². The number of hydrogen-bond acceptors (Lipinski definition) is 2. The summed E-state index contributed by atoms with van der Waals surface area (Å²) < 4.78 is 1.22. The molecule has 2 N–H and O–H groups in total. The van der Waals surface area contributed by atoms with Crippen molar-refractivity contribution in [3.05, 3.63) is 0 Å². The van der Waals surface area contributed by atoms with Crippen LogP contribution in [0.25, 0.3) is 0 Å². The van der Waals surface area contributed by atoms with Gasteiger partial charge in [0.05, 0.1) is 19.7 Å². The highest BCUT2D eigenvalue weighted by atomic mass is 32.1. The number of primary amides is 1. The summed E-state index contributed by atoms with van der Waals surface area (Å²) in [6.45, 7) is 1.45. The zero-order chi connectivity index (χ0) is 4.28. The average Bonchev–Trinajstić information content (AvgIpc) is 1.38. The number of thiol groups is 1. The summed E-state index contributed by atoms with van der Waals surface area (Å²) in [6, 6.07) is 0. The lowest BCUT2D eigenvalue weighted by atomic mass is 10.8. The Bertz CT molecular complexity index is 44.9. The normalized spacial score (nSPS) is 7.60. The number of quaternary nitrogens is 1. The van der Waals surface area contributed by atoms with Crippen molar-refractivity contribution in [2.24, 2.45) is 0 Å². The molecule has 3 heteroatoms. The molecular formula is C2H6NOS+. The molecule has 0 aromatic carbocycles. The monoisotopic (exact) mass is 92.0 g/mol. The topological polar surface area (TPSA) is 33.7 Å². The van der Waals surface area contributed by atoms with Crippen LogP contribution < -0.4 is 4.72 Å². The number of nitrogens with two attached hydrogens (primary N) is 1. The summed E-state index contributed by atoms with van der Waals surface area (Å²) in [6.07, 6.45) is 0. The van der Waals surface area contributed by atoms with E-state index in [0.29, 0.717) is 0 Å². The maximum absolute atomic E-state index is 9.68. The summed E-state index contributed by atoms with van der Waals surface area (Å²) in [5, 5.41) is 0. The van der Waals surface area contributed by atoms with Gasteiger partial charge in [-0.25, -0.2) is 9.52 Å². The van der Waals surface area contributed by atoms with E-state index in [0.717, 1.165) is 0 Å². The summed E-state index contributed by atoms with van der Waals surface area (Å²) >= 11 is 3.54. The van der Waals surface area contributed by atoms with Gasteiger partial charge in [0.15, 0.2) is 0 Å². The van der Waals surface area contributed by atoms with Gasteiger partial charge in [0, 0.05) is 0 Å². The van der Waals surface area contributed by atoms with Gasteiger partial charge < -0.3 is 0 Å². The Morgan fingerprint density at radius 1 is 2.00 bits per heavy atom. The number of hydrogen-bond donors (Lipinski definition) is 2. The van der Waals surface area contributed by atoms with Gasteiger partial charge in [-0.05, 0) is 0 Å². The minimum atomic E-state index is -0.00617. The highest BCUT2D eigenvalue weighted by Gasteiger charge is 1.81. The largest absolute Gasteiger partial charge is 0.318 e. The summed E-state index contributed by atoms with van der Waals surface area (Å²) in [5.41, 5.74) is 0. The Morgan fingerprint density at radius 3 is 2.20 bits per heavy atom. The van der Waals surface area contributed by atoms with Gasteiger partial charge in [-0.2, -0.15) is 0 Å². The molecule has 0 aliphatic heterocycles. The van der Waals surface area contributed by atoms with Gasteiger partial charge in [-0.3, -0.25) is 0 Å². The maximum Gasteiger partial charge on any atom is 0.318 e. The number of amides is 1. The predicted molar refractivity (Wildman–Crippen MR) is 21.6 cm³/mol. The van der Waals surface area contributed by atoms with E-state index in [9.17, 15) is 4.79 Å². The second kappa shape index (κ2) is 2.23. The van der Waals surface area contributed by atoms with Crippen LogP contribution in [0.15, 0.2) is 0 Å². The van der Waals surface area contributed by atoms with Crippen LogP contribution in [-0.4, -0.2) is 5.91 Å². The molecule has 0 radical (unpaired) electrons. The standard InChI is InChI=1S/C2H5NOS/c1-2(4)3-5/h5H,1H3,(H,3,4)/p+1. The maximum atomic E-state index is 9.68. The van der Waals surface area contributed by atoms with Crippen molar-refractivity contribution >= 4 is 18.7 Å². The zero-order valence-corrected chi connectivity index (χ0v) is 3.83. The van der Waals surface area contributed by atoms with Crippen LogP contribution in [0.4, 0.5) is 0 Å². The minimum Gasteiger partial charge on any atom is -0.230 e. The van der Waals surface area contributed by atoms with Crippen LogP contribution in [0.1, 0.15) is 6.92 Å². The van der Waals surface area contributed by atoms with Gasteiger partial charge >= 0.3 is 5.91 Å². The van der Waals surface area contributed by atoms with Crippen molar-refractivity contribution in [2.45, 2.75) is 6.92 Å². The van der Waals surface area contributed by atoms with Gasteiger partial charge in [-0.15, -0.1) is 0 Å². The van der Waals surface area contributed by atoms with E-state index in [1.54, 1.807) is 0 Å². The molecule has 0 aromatic rings. The molecule has 0 aromatic heterocycles. The quantitative estimate of drug-likeness (QED) is 0.367. The van der Waals surface area contributed by atoms with Crippen molar-refractivity contribution in [2.75, 3.05) is 0 Å². The molecule has 0 fully saturated rings. The molecule has 0 rings (SSSR count). The second-order valence-electron chi connectivity index (χ2n) is 0.740. The molecule has 0 atom stereocenters. The lowest BCUT2D eigenvalue weighted by Gasteiger charge is -1.70. The van der Waals surface area contributed by atoms with E-state index in [2.05, 4.69) is 12.8 Å². The Kier molecular flexibility index (Phi) is 2.22. The molecule has 2 nitrogen and oxygen atoms in total. The summed E-state index contributed by atoms with van der Waals surface area (Å²) in [7, 11) is 0. The Labute approximate surface area is 36.1 Å². The molecule has 5 heavy (non-hydrogen) atoms. The van der Waals surface area contributed by atoms with Crippen LogP contribution in [0.5, 0.6) is 0 Å². The molecule has 0 bridgehead atoms. The van der Waals surface area contributed by atoms with E-state index < -0.39 is 0 Å². The molecule has 0 saturated heterocycles. The average molecular weight is 92.1 g/mol. The van der Waals surface area contributed by atoms with Gasteiger partial charge in [0.2, 0.25) is 0 Å². The Morgan fingerprint density at radius 2 is 2.20 bits per heavy atom. The first kappa shape index (κ1) is 4.98. The molecular weight excluding hydrogens is 86.1 g/mol. The third-order valence-electron chi connectivity index (χ3n) is 0.182. The number of rotatable bonds is 0. The van der Waals surface area contributed by atoms with Crippen LogP contribution in [0, 0.1) is 0 Å². The van der Waals surface area contributed by atoms with Crippen molar-refractivity contribution in [1.29, 1.82) is 0 Å². The highest BCUT2D eigenvalue weighted by Crippen LogP contribution is 1.38. The predicted octanol–water partition coefficient (Wildman–Crippen LogP) is -1.06. The third kappa shape index (κ3) is 3.98. The molecule has 30 valence electrons. The van der Waals surface area contributed by atoms with Crippen molar-refractivity contribution in [3.8, 4) is 0 Å². The van der Waals surface area contributed by atoms with Gasteiger partial charge in [0.1, 0.15) is 0 Å². The molecule has 0 saturated carbocycles. The summed E-state index contributed by atoms with van der Waals surface area (Å²) in [5.74, 6) is -0.00617. The van der Waals surface area contributed by atoms with Crippen molar-refractivity contribution in [1.82, 2.24) is 0 Å². The number of carbonyl (C=O) groups excluding carboxylic acids is 1. The van der Waals surface area contributed by atoms with Crippen LogP contribution >= 0.6 is 12.8 Å². The highest BCUT2D eigenvalue weighted by molar-refractivity contribution is 7.73. The minimum absolute atomic E-state index is 0.00617. The lowest BCUT2D eigenvalue weighted by Crippen LogP contribution is -2.76. The molecule has 0 aliphatic rings. The lowest BCUT2D eigenvalue weighted by molar-refractivity contribution is -0.390. The SMILES string of the molecule is CC(=O)[NH2+]S. The molecule has 0 heterocycles.